The van der Waals surface area contributed by atoms with Gasteiger partial charge in [-0.3, -0.25) is 0 Å². The highest BCUT2D eigenvalue weighted by Crippen LogP contribution is 2.39. The van der Waals surface area contributed by atoms with Crippen molar-refractivity contribution in [1.29, 1.82) is 0 Å². The molecule has 0 amide bonds. The second-order valence-electron chi connectivity index (χ2n) is 7.23. The Kier molecular flexibility index (Phi) is 9.95. The summed E-state index contributed by atoms with van der Waals surface area (Å²) in [5.74, 6) is 0. The normalized spacial score (nSPS) is 12.8. The standard InChI is InChI=1S/C22H32ClNO.ClH/c1-3-5-9-15-22(24,16-10-6-4-2)21(25)20-18-12-8-7-11-17(18)13-14-19(20)23;/h7-8,11-14,21,25H,3-6,9-10,15-16,24H2,1-2H3;1H. The fourth-order valence-corrected chi connectivity index (χ4v) is 3.91. The van der Waals surface area contributed by atoms with Crippen LogP contribution in [0.25, 0.3) is 10.8 Å². The van der Waals surface area contributed by atoms with Crippen molar-refractivity contribution in [2.45, 2.75) is 76.9 Å². The minimum Gasteiger partial charge on any atom is -0.386 e. The smallest absolute Gasteiger partial charge is 0.0989 e. The van der Waals surface area contributed by atoms with Gasteiger partial charge in [0.05, 0.1) is 6.10 Å². The van der Waals surface area contributed by atoms with E-state index in [1.165, 1.54) is 0 Å². The quantitative estimate of drug-likeness (QED) is 0.432. The summed E-state index contributed by atoms with van der Waals surface area (Å²) >= 11 is 6.51. The Bertz CT molecular complexity index is 664. The van der Waals surface area contributed by atoms with E-state index in [0.717, 1.165) is 67.7 Å². The SMILES string of the molecule is CCCCCC(N)(CCCCC)C(O)c1c(Cl)ccc2ccccc12.Cl. The first-order valence-corrected chi connectivity index (χ1v) is 10.1. The third-order valence-electron chi connectivity index (χ3n) is 5.23. The van der Waals surface area contributed by atoms with Gasteiger partial charge in [-0.05, 0) is 29.7 Å². The highest BCUT2D eigenvalue weighted by atomic mass is 35.5. The van der Waals surface area contributed by atoms with Crippen molar-refractivity contribution in [1.82, 2.24) is 0 Å². The van der Waals surface area contributed by atoms with E-state index in [0.29, 0.717) is 5.02 Å². The van der Waals surface area contributed by atoms with Crippen LogP contribution in [0.4, 0.5) is 0 Å². The maximum absolute atomic E-state index is 11.3. The third kappa shape index (κ3) is 5.60. The molecule has 0 saturated carbocycles. The summed E-state index contributed by atoms with van der Waals surface area (Å²) in [7, 11) is 0. The van der Waals surface area contributed by atoms with Crippen LogP contribution in [0.1, 0.15) is 76.9 Å². The molecule has 0 fully saturated rings. The second-order valence-corrected chi connectivity index (χ2v) is 7.64. The summed E-state index contributed by atoms with van der Waals surface area (Å²) in [6, 6.07) is 11.9. The molecule has 26 heavy (non-hydrogen) atoms. The van der Waals surface area contributed by atoms with Crippen LogP contribution in [-0.2, 0) is 0 Å². The van der Waals surface area contributed by atoms with Crippen LogP contribution in [0.15, 0.2) is 36.4 Å². The molecular weight excluding hydrogens is 365 g/mol. The molecule has 0 radical (unpaired) electrons. The van der Waals surface area contributed by atoms with Crippen molar-refractivity contribution >= 4 is 34.8 Å². The minimum atomic E-state index is -0.750. The molecule has 2 rings (SSSR count). The first kappa shape index (κ1) is 23.2. The van der Waals surface area contributed by atoms with E-state index in [9.17, 15) is 5.11 Å². The Hall–Kier alpha value is -0.800. The number of hydrogen-bond acceptors (Lipinski definition) is 2. The lowest BCUT2D eigenvalue weighted by Gasteiger charge is -2.36. The number of hydrogen-bond donors (Lipinski definition) is 2. The average molecular weight is 398 g/mol. The maximum Gasteiger partial charge on any atom is 0.0989 e. The van der Waals surface area contributed by atoms with Crippen molar-refractivity contribution in [3.8, 4) is 0 Å². The van der Waals surface area contributed by atoms with Gasteiger partial charge in [0, 0.05) is 16.1 Å². The molecule has 0 aromatic heterocycles. The number of benzene rings is 2. The van der Waals surface area contributed by atoms with E-state index in [4.69, 9.17) is 17.3 Å². The van der Waals surface area contributed by atoms with Gasteiger partial charge in [-0.2, -0.15) is 0 Å². The molecule has 1 unspecified atom stereocenters. The zero-order chi connectivity index (χ0) is 18.3. The maximum atomic E-state index is 11.3. The van der Waals surface area contributed by atoms with Crippen LogP contribution >= 0.6 is 24.0 Å². The molecule has 0 bridgehead atoms. The Morgan fingerprint density at radius 2 is 1.54 bits per heavy atom. The molecule has 0 aliphatic rings. The zero-order valence-corrected chi connectivity index (χ0v) is 17.6. The van der Waals surface area contributed by atoms with Crippen molar-refractivity contribution in [3.63, 3.8) is 0 Å². The third-order valence-corrected chi connectivity index (χ3v) is 5.56. The van der Waals surface area contributed by atoms with Gasteiger partial charge < -0.3 is 10.8 Å². The van der Waals surface area contributed by atoms with Crippen LogP contribution in [0, 0.1) is 0 Å². The fraction of sp³-hybridized carbons (Fsp3) is 0.545. The molecule has 0 heterocycles. The van der Waals surface area contributed by atoms with Gasteiger partial charge in [-0.25, -0.2) is 0 Å². The molecule has 4 heteroatoms. The summed E-state index contributed by atoms with van der Waals surface area (Å²) in [6.45, 7) is 4.38. The van der Waals surface area contributed by atoms with Crippen LogP contribution in [0.5, 0.6) is 0 Å². The van der Waals surface area contributed by atoms with Crippen LogP contribution in [0.3, 0.4) is 0 Å². The molecule has 1 atom stereocenters. The van der Waals surface area contributed by atoms with E-state index >= 15 is 0 Å². The molecule has 3 N–H and O–H groups in total. The Balaban J connectivity index is 0.00000338. The molecule has 0 aliphatic carbocycles. The lowest BCUT2D eigenvalue weighted by molar-refractivity contribution is 0.0696. The van der Waals surface area contributed by atoms with Crippen LogP contribution in [-0.4, -0.2) is 10.6 Å². The number of halogens is 2. The van der Waals surface area contributed by atoms with Crippen molar-refractivity contribution in [2.24, 2.45) is 5.73 Å². The zero-order valence-electron chi connectivity index (χ0n) is 16.0. The number of aliphatic hydroxyl groups is 1. The predicted octanol–water partition coefficient (Wildman–Crippen LogP) is 6.81. The van der Waals surface area contributed by atoms with Gasteiger partial charge in [0.15, 0.2) is 0 Å². The highest BCUT2D eigenvalue weighted by Gasteiger charge is 2.35. The number of rotatable bonds is 10. The van der Waals surface area contributed by atoms with Gasteiger partial charge in [0.2, 0.25) is 0 Å². The summed E-state index contributed by atoms with van der Waals surface area (Å²) in [6.07, 6.45) is 7.56. The predicted molar refractivity (Wildman–Crippen MR) is 116 cm³/mol. The van der Waals surface area contributed by atoms with E-state index in [1.807, 2.05) is 36.4 Å². The van der Waals surface area contributed by atoms with Gasteiger partial charge in [0.25, 0.3) is 0 Å². The number of fused-ring (bicyclic) bond motifs is 1. The fourth-order valence-electron chi connectivity index (χ4n) is 3.64. The van der Waals surface area contributed by atoms with Gasteiger partial charge >= 0.3 is 0 Å². The van der Waals surface area contributed by atoms with Gasteiger partial charge in [0.1, 0.15) is 0 Å². The van der Waals surface area contributed by atoms with E-state index in [1.54, 1.807) is 0 Å². The van der Waals surface area contributed by atoms with E-state index < -0.39 is 11.6 Å². The largest absolute Gasteiger partial charge is 0.386 e. The topological polar surface area (TPSA) is 46.2 Å². The Morgan fingerprint density at radius 3 is 2.12 bits per heavy atom. The molecule has 2 aromatic carbocycles. The van der Waals surface area contributed by atoms with Gasteiger partial charge in [-0.1, -0.05) is 94.3 Å². The highest BCUT2D eigenvalue weighted by molar-refractivity contribution is 6.32. The molecule has 0 saturated heterocycles. The summed E-state index contributed by atoms with van der Waals surface area (Å²) in [5.41, 5.74) is 6.97. The average Bonchev–Trinajstić information content (AvgIpc) is 2.61. The van der Waals surface area contributed by atoms with Gasteiger partial charge in [-0.15, -0.1) is 12.4 Å². The summed E-state index contributed by atoms with van der Waals surface area (Å²) in [5, 5.41) is 14.0. The summed E-state index contributed by atoms with van der Waals surface area (Å²) in [4.78, 5) is 0. The second kappa shape index (κ2) is 11.1. The lowest BCUT2D eigenvalue weighted by atomic mass is 9.78. The van der Waals surface area contributed by atoms with Crippen LogP contribution in [0.2, 0.25) is 5.02 Å². The van der Waals surface area contributed by atoms with E-state index in [-0.39, 0.29) is 12.4 Å². The van der Waals surface area contributed by atoms with Crippen molar-refractivity contribution < 1.29 is 5.11 Å². The first-order chi connectivity index (χ1) is 12.0. The lowest BCUT2D eigenvalue weighted by Crippen LogP contribution is -2.46. The Morgan fingerprint density at radius 1 is 0.962 bits per heavy atom. The monoisotopic (exact) mass is 397 g/mol. The number of nitrogens with two attached hydrogens (primary N) is 1. The molecule has 146 valence electrons. The molecule has 2 aromatic rings. The molecule has 0 spiro atoms. The van der Waals surface area contributed by atoms with Crippen molar-refractivity contribution in [3.05, 3.63) is 47.0 Å². The Labute approximate surface area is 169 Å². The molecule has 2 nitrogen and oxygen atoms in total. The molecule has 0 aliphatic heterocycles. The minimum absolute atomic E-state index is 0. The van der Waals surface area contributed by atoms with Crippen LogP contribution < -0.4 is 5.73 Å². The summed E-state index contributed by atoms with van der Waals surface area (Å²) < 4.78 is 0. The molecular formula is C22H33Cl2NO. The number of aliphatic hydroxyl groups excluding tert-OH is 1. The van der Waals surface area contributed by atoms with E-state index in [2.05, 4.69) is 13.8 Å². The first-order valence-electron chi connectivity index (χ1n) is 9.67. The number of unbranched alkanes of at least 4 members (excludes halogenated alkanes) is 4. The van der Waals surface area contributed by atoms with Crippen molar-refractivity contribution in [2.75, 3.05) is 0 Å².